The Morgan fingerprint density at radius 2 is 1.96 bits per heavy atom. The fourth-order valence-electron chi connectivity index (χ4n) is 2.67. The summed E-state index contributed by atoms with van der Waals surface area (Å²) in [7, 11) is 0. The topological polar surface area (TPSA) is 98.0 Å². The molecule has 142 valence electrons. The first-order valence-corrected chi connectivity index (χ1v) is 8.84. The Hall–Kier alpha value is -3.29. The molecule has 1 heterocycles. The first-order chi connectivity index (χ1) is 13.2. The number of rotatable bonds is 5. The largest absolute Gasteiger partial charge is 0.490 e. The minimum atomic E-state index is -0.394. The van der Waals surface area contributed by atoms with E-state index in [0.717, 1.165) is 17.9 Å². The first-order valence-electron chi connectivity index (χ1n) is 8.84. The maximum Gasteiger partial charge on any atom is 0.274 e. The number of nitrogens with one attached hydrogen (secondary N) is 2. The molecule has 0 amide bonds. The molecule has 0 aliphatic carbocycles. The second kappa shape index (κ2) is 8.88. The minimum Gasteiger partial charge on any atom is -0.490 e. The fraction of sp³-hybridized carbons (Fsp3) is 0.316. The summed E-state index contributed by atoms with van der Waals surface area (Å²) in [4.78, 5) is 15.2. The van der Waals surface area contributed by atoms with E-state index >= 15 is 0 Å². The number of hydrogen-bond donors (Lipinski definition) is 2. The van der Waals surface area contributed by atoms with Crippen LogP contribution in [0.25, 0.3) is 0 Å². The molecule has 3 rings (SSSR count). The van der Waals surface area contributed by atoms with Gasteiger partial charge in [-0.25, -0.2) is 4.99 Å². The van der Waals surface area contributed by atoms with Gasteiger partial charge in [0.05, 0.1) is 30.2 Å². The molecule has 8 heteroatoms. The normalized spacial score (nSPS) is 13.6. The van der Waals surface area contributed by atoms with Gasteiger partial charge in [-0.15, -0.1) is 0 Å². The average molecular weight is 370 g/mol. The highest BCUT2D eigenvalue weighted by molar-refractivity contribution is 5.94. The molecule has 0 saturated heterocycles. The summed E-state index contributed by atoms with van der Waals surface area (Å²) in [6.45, 7) is 4.06. The molecule has 0 atom stereocenters. The van der Waals surface area contributed by atoms with Gasteiger partial charge in [0.2, 0.25) is 0 Å². The Kier molecular flexibility index (Phi) is 6.09. The summed E-state index contributed by atoms with van der Waals surface area (Å²) < 4.78 is 11.3. The van der Waals surface area contributed by atoms with Crippen LogP contribution in [0.15, 0.2) is 47.5 Å². The van der Waals surface area contributed by atoms with E-state index in [0.29, 0.717) is 37.0 Å². The molecular formula is C19H22N4O4. The molecule has 0 bridgehead atoms. The Labute approximate surface area is 157 Å². The van der Waals surface area contributed by atoms with E-state index in [9.17, 15) is 10.1 Å². The number of anilines is 1. The van der Waals surface area contributed by atoms with Crippen LogP contribution < -0.4 is 20.1 Å². The fourth-order valence-corrected chi connectivity index (χ4v) is 2.67. The van der Waals surface area contributed by atoms with E-state index in [4.69, 9.17) is 9.47 Å². The third-order valence-electron chi connectivity index (χ3n) is 3.95. The van der Waals surface area contributed by atoms with Gasteiger partial charge in [-0.3, -0.25) is 10.1 Å². The number of fused-ring (bicyclic) bond motifs is 1. The van der Waals surface area contributed by atoms with Crippen LogP contribution in [0.1, 0.15) is 18.9 Å². The number of nitrogens with zero attached hydrogens (tertiary/aromatic N) is 2. The molecule has 0 fully saturated rings. The Morgan fingerprint density at radius 1 is 1.19 bits per heavy atom. The number of nitro groups is 1. The monoisotopic (exact) mass is 370 g/mol. The third-order valence-corrected chi connectivity index (χ3v) is 3.95. The molecule has 0 spiro atoms. The number of benzene rings is 2. The van der Waals surface area contributed by atoms with Crippen LogP contribution in [0, 0.1) is 10.1 Å². The molecule has 0 unspecified atom stereocenters. The van der Waals surface area contributed by atoms with Gasteiger partial charge in [0.1, 0.15) is 0 Å². The number of para-hydroxylation sites is 1. The van der Waals surface area contributed by atoms with Crippen molar-refractivity contribution in [3.8, 4) is 11.5 Å². The zero-order valence-corrected chi connectivity index (χ0v) is 15.1. The highest BCUT2D eigenvalue weighted by Gasteiger charge is 2.13. The van der Waals surface area contributed by atoms with E-state index < -0.39 is 4.92 Å². The van der Waals surface area contributed by atoms with Crippen LogP contribution in [0.2, 0.25) is 0 Å². The lowest BCUT2D eigenvalue weighted by Gasteiger charge is -2.13. The van der Waals surface area contributed by atoms with Crippen LogP contribution >= 0.6 is 0 Å². The summed E-state index contributed by atoms with van der Waals surface area (Å²) in [6, 6.07) is 12.2. The summed E-state index contributed by atoms with van der Waals surface area (Å²) >= 11 is 0. The van der Waals surface area contributed by atoms with Crippen molar-refractivity contribution in [3.05, 3.63) is 58.1 Å². The van der Waals surface area contributed by atoms with Gasteiger partial charge in [-0.05, 0) is 19.1 Å². The smallest absolute Gasteiger partial charge is 0.274 e. The van der Waals surface area contributed by atoms with Crippen molar-refractivity contribution < 1.29 is 14.4 Å². The molecule has 27 heavy (non-hydrogen) atoms. The molecule has 0 saturated carbocycles. The average Bonchev–Trinajstić information content (AvgIpc) is 2.91. The van der Waals surface area contributed by atoms with Crippen LogP contribution in [-0.2, 0) is 6.54 Å². The summed E-state index contributed by atoms with van der Waals surface area (Å²) in [5.41, 5.74) is 1.41. The predicted molar refractivity (Wildman–Crippen MR) is 104 cm³/mol. The van der Waals surface area contributed by atoms with Gasteiger partial charge in [-0.2, -0.15) is 0 Å². The summed E-state index contributed by atoms with van der Waals surface area (Å²) in [6.07, 6.45) is 0.845. The van der Waals surface area contributed by atoms with Gasteiger partial charge in [0.15, 0.2) is 17.5 Å². The summed E-state index contributed by atoms with van der Waals surface area (Å²) in [5.74, 6) is 1.94. The Morgan fingerprint density at radius 3 is 2.74 bits per heavy atom. The molecule has 2 aromatic rings. The number of guanidine groups is 1. The predicted octanol–water partition coefficient (Wildman–Crippen LogP) is 3.33. The molecular weight excluding hydrogens is 348 g/mol. The maximum absolute atomic E-state index is 11.1. The van der Waals surface area contributed by atoms with Crippen molar-refractivity contribution in [3.63, 3.8) is 0 Å². The van der Waals surface area contributed by atoms with Gasteiger partial charge in [0, 0.05) is 30.8 Å². The number of ether oxygens (including phenoxy) is 2. The number of hydrogen-bond acceptors (Lipinski definition) is 5. The van der Waals surface area contributed by atoms with Crippen LogP contribution in [-0.4, -0.2) is 30.6 Å². The van der Waals surface area contributed by atoms with E-state index in [1.165, 1.54) is 6.07 Å². The zero-order valence-electron chi connectivity index (χ0n) is 15.1. The standard InChI is InChI=1S/C19H22N4O4/c1-2-20-19(21-13-14-6-3-4-7-16(14)23(24)25)22-15-8-9-17-18(12-15)27-11-5-10-26-17/h3-4,6-9,12H,2,5,10-11,13H2,1H3,(H2,20,21,22). The Balaban J connectivity index is 1.77. The van der Waals surface area contributed by atoms with Crippen LogP contribution in [0.4, 0.5) is 11.4 Å². The van der Waals surface area contributed by atoms with Crippen molar-refractivity contribution in [2.45, 2.75) is 19.9 Å². The summed E-state index contributed by atoms with van der Waals surface area (Å²) in [5, 5.41) is 17.5. The number of nitro benzene ring substituents is 1. The molecule has 8 nitrogen and oxygen atoms in total. The molecule has 2 N–H and O–H groups in total. The van der Waals surface area contributed by atoms with Gasteiger partial charge in [0.25, 0.3) is 5.69 Å². The zero-order chi connectivity index (χ0) is 19.1. The lowest BCUT2D eigenvalue weighted by molar-refractivity contribution is -0.385. The molecule has 1 aliphatic rings. The first kappa shape index (κ1) is 18.5. The van der Waals surface area contributed by atoms with Gasteiger partial charge < -0.3 is 20.1 Å². The second-order valence-electron chi connectivity index (χ2n) is 5.92. The molecule has 0 radical (unpaired) electrons. The highest BCUT2D eigenvalue weighted by Crippen LogP contribution is 2.32. The lowest BCUT2D eigenvalue weighted by Crippen LogP contribution is -2.30. The van der Waals surface area contributed by atoms with Crippen molar-refractivity contribution in [2.24, 2.45) is 4.99 Å². The SMILES string of the molecule is CCNC(=NCc1ccccc1[N+](=O)[O-])Nc1ccc2c(c1)OCCCO2. The molecule has 1 aliphatic heterocycles. The van der Waals surface area contributed by atoms with E-state index in [1.807, 2.05) is 25.1 Å². The van der Waals surface area contributed by atoms with Crippen molar-refractivity contribution in [1.29, 1.82) is 0 Å². The third kappa shape index (κ3) is 4.87. The van der Waals surface area contributed by atoms with Crippen molar-refractivity contribution in [1.82, 2.24) is 5.32 Å². The second-order valence-corrected chi connectivity index (χ2v) is 5.92. The quantitative estimate of drug-likeness (QED) is 0.363. The van der Waals surface area contributed by atoms with Gasteiger partial charge in [-0.1, -0.05) is 18.2 Å². The highest BCUT2D eigenvalue weighted by atomic mass is 16.6. The van der Waals surface area contributed by atoms with E-state index in [-0.39, 0.29) is 12.2 Å². The van der Waals surface area contributed by atoms with Crippen molar-refractivity contribution >= 4 is 17.3 Å². The van der Waals surface area contributed by atoms with Crippen LogP contribution in [0.3, 0.4) is 0 Å². The minimum absolute atomic E-state index is 0.0627. The maximum atomic E-state index is 11.1. The lowest BCUT2D eigenvalue weighted by atomic mass is 10.2. The van der Waals surface area contributed by atoms with Gasteiger partial charge >= 0.3 is 0 Å². The van der Waals surface area contributed by atoms with E-state index in [2.05, 4.69) is 15.6 Å². The van der Waals surface area contributed by atoms with Crippen LogP contribution in [0.5, 0.6) is 11.5 Å². The van der Waals surface area contributed by atoms with E-state index in [1.54, 1.807) is 18.2 Å². The molecule has 2 aromatic carbocycles. The molecule has 0 aromatic heterocycles. The number of aliphatic imine (C=N–C) groups is 1. The Bertz CT molecular complexity index is 838. The van der Waals surface area contributed by atoms with Crippen molar-refractivity contribution in [2.75, 3.05) is 25.1 Å².